The van der Waals surface area contributed by atoms with E-state index in [-0.39, 0.29) is 5.82 Å². The van der Waals surface area contributed by atoms with E-state index in [0.717, 1.165) is 57.1 Å². The number of hydrogen-bond acceptors (Lipinski definition) is 3. The average molecular weight is 317 g/mol. The van der Waals surface area contributed by atoms with Crippen molar-refractivity contribution in [3.05, 3.63) is 29.6 Å². The zero-order valence-corrected chi connectivity index (χ0v) is 14.0. The molecule has 0 bridgehead atoms. The van der Waals surface area contributed by atoms with Crippen molar-refractivity contribution in [3.63, 3.8) is 0 Å². The summed E-state index contributed by atoms with van der Waals surface area (Å²) >= 11 is 0. The summed E-state index contributed by atoms with van der Waals surface area (Å²) < 4.78 is 14.5. The maximum absolute atomic E-state index is 14.5. The summed E-state index contributed by atoms with van der Waals surface area (Å²) in [6.07, 6.45) is 6.30. The lowest BCUT2D eigenvalue weighted by Crippen LogP contribution is -2.38. The minimum Gasteiger partial charge on any atom is -0.371 e. The Bertz CT molecular complexity index is 548. The van der Waals surface area contributed by atoms with Gasteiger partial charge in [0.2, 0.25) is 0 Å². The van der Waals surface area contributed by atoms with Crippen molar-refractivity contribution in [2.75, 3.05) is 44.2 Å². The van der Waals surface area contributed by atoms with Gasteiger partial charge in [-0.3, -0.25) is 4.90 Å². The second-order valence-corrected chi connectivity index (χ2v) is 7.64. The predicted octanol–water partition coefficient (Wildman–Crippen LogP) is 3.00. The first-order valence-electron chi connectivity index (χ1n) is 9.21. The quantitative estimate of drug-likeness (QED) is 0.924. The van der Waals surface area contributed by atoms with E-state index >= 15 is 0 Å². The van der Waals surface area contributed by atoms with Crippen LogP contribution in [0.15, 0.2) is 18.2 Å². The normalized spacial score (nSPS) is 24.7. The van der Waals surface area contributed by atoms with Crippen molar-refractivity contribution in [1.29, 1.82) is 0 Å². The molecule has 126 valence electrons. The average Bonchev–Trinajstić information content (AvgIpc) is 3.21. The monoisotopic (exact) mass is 317 g/mol. The van der Waals surface area contributed by atoms with E-state index in [9.17, 15) is 4.39 Å². The van der Waals surface area contributed by atoms with Crippen LogP contribution >= 0.6 is 0 Å². The van der Waals surface area contributed by atoms with Gasteiger partial charge in [0.05, 0.1) is 0 Å². The number of piperidine rings is 1. The van der Waals surface area contributed by atoms with E-state index in [1.807, 2.05) is 6.07 Å². The lowest BCUT2D eigenvalue weighted by Gasteiger charge is -2.34. The topological polar surface area (TPSA) is 18.5 Å². The number of nitrogens with one attached hydrogen (secondary N) is 1. The minimum atomic E-state index is -0.0272. The van der Waals surface area contributed by atoms with Crippen LogP contribution < -0.4 is 10.2 Å². The maximum Gasteiger partial charge on any atom is 0.129 e. The predicted molar refractivity (Wildman–Crippen MR) is 92.3 cm³/mol. The Morgan fingerprint density at radius 2 is 1.83 bits per heavy atom. The summed E-state index contributed by atoms with van der Waals surface area (Å²) in [6.45, 7) is 7.47. The summed E-state index contributed by atoms with van der Waals surface area (Å²) in [6, 6.07) is 5.61. The molecule has 0 unspecified atom stereocenters. The van der Waals surface area contributed by atoms with Crippen LogP contribution in [0.2, 0.25) is 0 Å². The summed E-state index contributed by atoms with van der Waals surface area (Å²) in [5.74, 6) is -0.0272. The SMILES string of the molecule is Fc1cccc(N2CCCC2)c1CN1CCC2(CCNCC2)C1. The van der Waals surface area contributed by atoms with Gasteiger partial charge in [0, 0.05) is 37.4 Å². The first-order valence-corrected chi connectivity index (χ1v) is 9.21. The highest BCUT2D eigenvalue weighted by molar-refractivity contribution is 5.54. The van der Waals surface area contributed by atoms with E-state index in [2.05, 4.69) is 21.2 Å². The molecule has 3 aliphatic rings. The second kappa shape index (κ2) is 6.40. The molecule has 0 amide bonds. The summed E-state index contributed by atoms with van der Waals surface area (Å²) in [5, 5.41) is 3.47. The fourth-order valence-electron chi connectivity index (χ4n) is 4.71. The van der Waals surface area contributed by atoms with Crippen LogP contribution in [0.5, 0.6) is 0 Å². The molecule has 3 fully saturated rings. The molecule has 3 aliphatic heterocycles. The van der Waals surface area contributed by atoms with Crippen molar-refractivity contribution in [3.8, 4) is 0 Å². The van der Waals surface area contributed by atoms with Gasteiger partial charge in [-0.25, -0.2) is 4.39 Å². The molecule has 4 rings (SSSR count). The van der Waals surface area contributed by atoms with Crippen LogP contribution in [0, 0.1) is 11.2 Å². The van der Waals surface area contributed by atoms with Gasteiger partial charge in [-0.1, -0.05) is 6.07 Å². The number of hydrogen-bond donors (Lipinski definition) is 1. The fraction of sp³-hybridized carbons (Fsp3) is 0.684. The van der Waals surface area contributed by atoms with Crippen LogP contribution in [0.1, 0.15) is 37.7 Å². The van der Waals surface area contributed by atoms with Crippen molar-refractivity contribution in [1.82, 2.24) is 10.2 Å². The van der Waals surface area contributed by atoms with E-state index < -0.39 is 0 Å². The standard InChI is InChI=1S/C19H28FN3/c20-17-4-3-5-18(23-11-1-2-12-23)16(17)14-22-13-8-19(15-22)6-9-21-10-7-19/h3-5,21H,1-2,6-15H2. The Labute approximate surface area is 138 Å². The molecule has 0 atom stereocenters. The minimum absolute atomic E-state index is 0.0272. The van der Waals surface area contributed by atoms with Gasteiger partial charge in [-0.05, 0) is 69.3 Å². The summed E-state index contributed by atoms with van der Waals surface area (Å²) in [5.41, 5.74) is 2.54. The second-order valence-electron chi connectivity index (χ2n) is 7.64. The van der Waals surface area contributed by atoms with Gasteiger partial charge in [-0.15, -0.1) is 0 Å². The Balaban J connectivity index is 1.50. The van der Waals surface area contributed by atoms with Crippen molar-refractivity contribution < 1.29 is 4.39 Å². The van der Waals surface area contributed by atoms with E-state index in [1.54, 1.807) is 6.07 Å². The van der Waals surface area contributed by atoms with Crippen molar-refractivity contribution in [2.24, 2.45) is 5.41 Å². The van der Waals surface area contributed by atoms with Crippen LogP contribution in [0.3, 0.4) is 0 Å². The lowest BCUT2D eigenvalue weighted by molar-refractivity contribution is 0.193. The van der Waals surface area contributed by atoms with Gasteiger partial charge >= 0.3 is 0 Å². The molecule has 4 heteroatoms. The molecule has 0 aromatic heterocycles. The first kappa shape index (κ1) is 15.4. The molecule has 1 aromatic carbocycles. The summed E-state index contributed by atoms with van der Waals surface area (Å²) in [4.78, 5) is 4.86. The summed E-state index contributed by atoms with van der Waals surface area (Å²) in [7, 11) is 0. The number of likely N-dealkylation sites (tertiary alicyclic amines) is 1. The van der Waals surface area contributed by atoms with Crippen LogP contribution in [0.4, 0.5) is 10.1 Å². The molecule has 23 heavy (non-hydrogen) atoms. The highest BCUT2D eigenvalue weighted by Crippen LogP contribution is 2.40. The Kier molecular flexibility index (Phi) is 4.29. The van der Waals surface area contributed by atoms with Crippen molar-refractivity contribution in [2.45, 2.75) is 38.6 Å². The largest absolute Gasteiger partial charge is 0.371 e. The van der Waals surface area contributed by atoms with E-state index in [0.29, 0.717) is 5.41 Å². The lowest BCUT2D eigenvalue weighted by atomic mass is 9.78. The molecule has 1 N–H and O–H groups in total. The van der Waals surface area contributed by atoms with Crippen molar-refractivity contribution >= 4 is 5.69 Å². The van der Waals surface area contributed by atoms with E-state index in [4.69, 9.17) is 0 Å². The number of benzene rings is 1. The third-order valence-corrected chi connectivity index (χ3v) is 6.10. The zero-order chi connectivity index (χ0) is 15.7. The molecule has 0 radical (unpaired) electrons. The number of halogens is 1. The van der Waals surface area contributed by atoms with Crippen LogP contribution in [-0.4, -0.2) is 44.2 Å². The molecule has 3 nitrogen and oxygen atoms in total. The van der Waals surface area contributed by atoms with Crippen LogP contribution in [0.25, 0.3) is 0 Å². The number of rotatable bonds is 3. The Morgan fingerprint density at radius 3 is 2.61 bits per heavy atom. The molecule has 3 saturated heterocycles. The third kappa shape index (κ3) is 3.11. The molecular formula is C19H28FN3. The van der Waals surface area contributed by atoms with Crippen LogP contribution in [-0.2, 0) is 6.54 Å². The maximum atomic E-state index is 14.5. The Hall–Kier alpha value is -1.13. The fourth-order valence-corrected chi connectivity index (χ4v) is 4.71. The highest BCUT2D eigenvalue weighted by atomic mass is 19.1. The van der Waals surface area contributed by atoms with Gasteiger partial charge < -0.3 is 10.2 Å². The highest BCUT2D eigenvalue weighted by Gasteiger charge is 2.39. The zero-order valence-electron chi connectivity index (χ0n) is 14.0. The van der Waals surface area contributed by atoms with E-state index in [1.165, 1.54) is 32.1 Å². The molecule has 1 spiro atoms. The molecular weight excluding hydrogens is 289 g/mol. The molecule has 1 aromatic rings. The number of nitrogens with zero attached hydrogens (tertiary/aromatic N) is 2. The van der Waals surface area contributed by atoms with Gasteiger partial charge in [-0.2, -0.15) is 0 Å². The smallest absolute Gasteiger partial charge is 0.129 e. The first-order chi connectivity index (χ1) is 11.3. The number of anilines is 1. The van der Waals surface area contributed by atoms with Gasteiger partial charge in [0.15, 0.2) is 0 Å². The van der Waals surface area contributed by atoms with Gasteiger partial charge in [0.1, 0.15) is 5.82 Å². The van der Waals surface area contributed by atoms with Gasteiger partial charge in [0.25, 0.3) is 0 Å². The molecule has 0 saturated carbocycles. The molecule has 0 aliphatic carbocycles. The molecule has 3 heterocycles. The Morgan fingerprint density at radius 1 is 1.04 bits per heavy atom. The third-order valence-electron chi connectivity index (χ3n) is 6.10.